The van der Waals surface area contributed by atoms with Gasteiger partial charge < -0.3 is 14.8 Å². The molecule has 1 atom stereocenters. The zero-order chi connectivity index (χ0) is 23.2. The number of sulfonamides is 1. The number of ether oxygens (including phenoxy) is 2. The lowest BCUT2D eigenvalue weighted by atomic mass is 9.87. The van der Waals surface area contributed by atoms with Crippen molar-refractivity contribution >= 4 is 21.6 Å². The maximum atomic E-state index is 12.2. The molecule has 170 valence electrons. The summed E-state index contributed by atoms with van der Waals surface area (Å²) >= 11 is 0. The molecule has 0 aliphatic heterocycles. The fourth-order valence-corrected chi connectivity index (χ4v) is 3.23. The lowest BCUT2D eigenvalue weighted by Gasteiger charge is -2.19. The van der Waals surface area contributed by atoms with Gasteiger partial charge in [0.05, 0.1) is 18.5 Å². The van der Waals surface area contributed by atoms with E-state index in [-0.39, 0.29) is 11.3 Å². The average Bonchev–Trinajstić information content (AvgIpc) is 2.70. The van der Waals surface area contributed by atoms with Crippen molar-refractivity contribution in [3.63, 3.8) is 0 Å². The van der Waals surface area contributed by atoms with Crippen molar-refractivity contribution < 1.29 is 22.7 Å². The lowest BCUT2D eigenvalue weighted by Crippen LogP contribution is -2.38. The van der Waals surface area contributed by atoms with E-state index < -0.39 is 16.1 Å². The van der Waals surface area contributed by atoms with E-state index in [4.69, 9.17) is 9.47 Å². The normalized spacial score (nSPS) is 12.7. The quantitative estimate of drug-likeness (QED) is 0.595. The molecule has 1 unspecified atom stereocenters. The monoisotopic (exact) mass is 448 g/mol. The van der Waals surface area contributed by atoms with Gasteiger partial charge in [-0.05, 0) is 54.3 Å². The van der Waals surface area contributed by atoms with E-state index in [0.717, 1.165) is 12.0 Å². The number of hydrogen-bond donors (Lipinski definition) is 1. The van der Waals surface area contributed by atoms with Crippen LogP contribution in [0.5, 0.6) is 11.5 Å². The van der Waals surface area contributed by atoms with E-state index in [2.05, 4.69) is 26.1 Å². The molecule has 0 spiro atoms. The predicted octanol–water partition coefficient (Wildman–Crippen LogP) is 3.34. The fraction of sp³-hybridized carbons (Fsp3) is 0.435. The topological polar surface area (TPSA) is 84.9 Å². The third-order valence-electron chi connectivity index (χ3n) is 4.77. The molecule has 0 aliphatic carbocycles. The Morgan fingerprint density at radius 3 is 2.10 bits per heavy atom. The fourth-order valence-electron chi connectivity index (χ4n) is 2.72. The second-order valence-electron chi connectivity index (χ2n) is 8.40. The highest BCUT2D eigenvalue weighted by Gasteiger charge is 2.16. The van der Waals surface area contributed by atoms with Crippen molar-refractivity contribution in [2.45, 2.75) is 39.2 Å². The summed E-state index contributed by atoms with van der Waals surface area (Å²) in [5.41, 5.74) is 1.84. The van der Waals surface area contributed by atoms with Crippen molar-refractivity contribution in [1.82, 2.24) is 5.32 Å². The Bertz CT molecular complexity index is 965. The Morgan fingerprint density at radius 1 is 1.03 bits per heavy atom. The molecule has 31 heavy (non-hydrogen) atoms. The molecule has 0 saturated heterocycles. The number of carbonyl (C=O) groups excluding carboxylic acids is 1. The average molecular weight is 449 g/mol. The molecule has 1 N–H and O–H groups in total. The first-order chi connectivity index (χ1) is 14.4. The van der Waals surface area contributed by atoms with Gasteiger partial charge in [0.25, 0.3) is 5.91 Å². The number of amides is 1. The summed E-state index contributed by atoms with van der Waals surface area (Å²) in [5.74, 6) is 0.971. The summed E-state index contributed by atoms with van der Waals surface area (Å²) in [4.78, 5) is 12.2. The van der Waals surface area contributed by atoms with Gasteiger partial charge in [-0.3, -0.25) is 9.10 Å². The van der Waals surface area contributed by atoms with Crippen molar-refractivity contribution in [3.8, 4) is 11.5 Å². The van der Waals surface area contributed by atoms with E-state index in [9.17, 15) is 13.2 Å². The summed E-state index contributed by atoms with van der Waals surface area (Å²) < 4.78 is 35.7. The second-order valence-corrected chi connectivity index (χ2v) is 10.4. The second kappa shape index (κ2) is 10.0. The highest BCUT2D eigenvalue weighted by Crippen LogP contribution is 2.24. The van der Waals surface area contributed by atoms with Crippen LogP contribution in [0.4, 0.5) is 5.69 Å². The molecule has 0 aromatic heterocycles. The van der Waals surface area contributed by atoms with Crippen LogP contribution in [0.3, 0.4) is 0 Å². The molecule has 2 rings (SSSR count). The smallest absolute Gasteiger partial charge is 0.260 e. The Hall–Kier alpha value is -2.74. The zero-order valence-electron chi connectivity index (χ0n) is 19.0. The number of anilines is 1. The Balaban J connectivity index is 1.77. The van der Waals surface area contributed by atoms with Crippen LogP contribution in [-0.2, 0) is 20.2 Å². The van der Waals surface area contributed by atoms with Crippen LogP contribution in [0.15, 0.2) is 48.5 Å². The molecule has 2 aromatic carbocycles. The van der Waals surface area contributed by atoms with Gasteiger partial charge >= 0.3 is 0 Å². The molecule has 7 nitrogen and oxygen atoms in total. The number of rotatable bonds is 9. The molecule has 8 heteroatoms. The molecule has 1 amide bonds. The SMILES string of the molecule is CC(Oc1ccc(N(C)S(C)(=O)=O)cc1)C(=O)NCCOc1ccc(C(C)(C)C)cc1. The van der Waals surface area contributed by atoms with Crippen molar-refractivity contribution in [2.75, 3.05) is 30.8 Å². The first-order valence-corrected chi connectivity index (χ1v) is 11.9. The van der Waals surface area contributed by atoms with E-state index in [1.807, 2.05) is 24.3 Å². The van der Waals surface area contributed by atoms with Crippen LogP contribution in [0.2, 0.25) is 0 Å². The summed E-state index contributed by atoms with van der Waals surface area (Å²) in [6.07, 6.45) is 0.429. The van der Waals surface area contributed by atoms with Gasteiger partial charge in [-0.1, -0.05) is 32.9 Å². The summed E-state index contributed by atoms with van der Waals surface area (Å²) in [5, 5.41) is 2.78. The van der Waals surface area contributed by atoms with E-state index in [0.29, 0.717) is 24.6 Å². The Kier molecular flexibility index (Phi) is 7.95. The first-order valence-electron chi connectivity index (χ1n) is 10.1. The van der Waals surface area contributed by atoms with Gasteiger partial charge in [0.2, 0.25) is 10.0 Å². The standard InChI is InChI=1S/C23H32N2O5S/c1-17(30-21-13-9-19(10-14-21)25(5)31(6,27)28)22(26)24-15-16-29-20-11-7-18(8-12-20)23(2,3)4/h7-14,17H,15-16H2,1-6H3,(H,24,26). The van der Waals surface area contributed by atoms with Gasteiger partial charge in [0, 0.05) is 7.05 Å². The third kappa shape index (κ3) is 7.47. The number of nitrogens with zero attached hydrogens (tertiary/aromatic N) is 1. The van der Waals surface area contributed by atoms with Gasteiger partial charge in [-0.25, -0.2) is 8.42 Å². The molecular weight excluding hydrogens is 416 g/mol. The van der Waals surface area contributed by atoms with Crippen LogP contribution in [0, 0.1) is 0 Å². The molecule has 0 radical (unpaired) electrons. The number of carbonyl (C=O) groups is 1. The minimum Gasteiger partial charge on any atom is -0.492 e. The Labute approximate surface area is 185 Å². The maximum Gasteiger partial charge on any atom is 0.260 e. The van der Waals surface area contributed by atoms with Gasteiger partial charge in [0.1, 0.15) is 18.1 Å². The minimum atomic E-state index is -3.33. The molecule has 0 saturated carbocycles. The predicted molar refractivity (Wildman–Crippen MR) is 123 cm³/mol. The van der Waals surface area contributed by atoms with Crippen LogP contribution >= 0.6 is 0 Å². The van der Waals surface area contributed by atoms with Crippen LogP contribution < -0.4 is 19.1 Å². The summed E-state index contributed by atoms with van der Waals surface area (Å²) in [7, 11) is -1.86. The maximum absolute atomic E-state index is 12.2. The van der Waals surface area contributed by atoms with Gasteiger partial charge in [-0.15, -0.1) is 0 Å². The molecule has 0 bridgehead atoms. The van der Waals surface area contributed by atoms with E-state index >= 15 is 0 Å². The van der Waals surface area contributed by atoms with Crippen LogP contribution in [0.1, 0.15) is 33.3 Å². The molecule has 0 fully saturated rings. The van der Waals surface area contributed by atoms with E-state index in [1.54, 1.807) is 31.2 Å². The molecular formula is C23H32N2O5S. The number of hydrogen-bond acceptors (Lipinski definition) is 5. The largest absolute Gasteiger partial charge is 0.492 e. The summed E-state index contributed by atoms with van der Waals surface area (Å²) in [6, 6.07) is 14.5. The third-order valence-corrected chi connectivity index (χ3v) is 5.98. The van der Waals surface area contributed by atoms with Crippen molar-refractivity contribution in [1.29, 1.82) is 0 Å². The molecule has 0 aliphatic rings. The van der Waals surface area contributed by atoms with Crippen LogP contribution in [0.25, 0.3) is 0 Å². The molecule has 0 heterocycles. The molecule has 2 aromatic rings. The van der Waals surface area contributed by atoms with Crippen molar-refractivity contribution in [3.05, 3.63) is 54.1 Å². The number of benzene rings is 2. The lowest BCUT2D eigenvalue weighted by molar-refractivity contribution is -0.127. The van der Waals surface area contributed by atoms with Gasteiger partial charge in [0.15, 0.2) is 6.10 Å². The van der Waals surface area contributed by atoms with Crippen molar-refractivity contribution in [2.24, 2.45) is 0 Å². The highest BCUT2D eigenvalue weighted by molar-refractivity contribution is 7.92. The van der Waals surface area contributed by atoms with Gasteiger partial charge in [-0.2, -0.15) is 0 Å². The minimum absolute atomic E-state index is 0.0899. The first kappa shape index (κ1) is 24.5. The summed E-state index contributed by atoms with van der Waals surface area (Å²) in [6.45, 7) is 8.82. The number of nitrogens with one attached hydrogen (secondary N) is 1. The highest BCUT2D eigenvalue weighted by atomic mass is 32.2. The van der Waals surface area contributed by atoms with E-state index in [1.165, 1.54) is 16.9 Å². The van der Waals surface area contributed by atoms with Crippen LogP contribution in [-0.4, -0.2) is 46.9 Å². The Morgan fingerprint density at radius 2 is 1.58 bits per heavy atom. The zero-order valence-corrected chi connectivity index (χ0v) is 19.8.